The summed E-state index contributed by atoms with van der Waals surface area (Å²) in [6, 6.07) is 15.4. The molecule has 1 N–H and O–H groups in total. The van der Waals surface area contributed by atoms with Gasteiger partial charge in [-0.05, 0) is 55.1 Å². The van der Waals surface area contributed by atoms with Gasteiger partial charge >= 0.3 is 0 Å². The van der Waals surface area contributed by atoms with Crippen LogP contribution in [-0.2, 0) is 0 Å². The summed E-state index contributed by atoms with van der Waals surface area (Å²) in [5.41, 5.74) is 0.0599. The van der Waals surface area contributed by atoms with Crippen LogP contribution in [0.2, 0.25) is 0 Å². The second-order valence-corrected chi connectivity index (χ2v) is 6.51. The number of fused-ring (bicyclic) bond motifs is 1. The van der Waals surface area contributed by atoms with Crippen molar-refractivity contribution in [3.63, 3.8) is 0 Å². The minimum Gasteiger partial charge on any atom is -0.487 e. The van der Waals surface area contributed by atoms with Crippen LogP contribution >= 0.6 is 0 Å². The highest BCUT2D eigenvalue weighted by atomic mass is 16.5. The second kappa shape index (κ2) is 6.07. The van der Waals surface area contributed by atoms with E-state index in [0.717, 1.165) is 18.7 Å². The molecule has 1 fully saturated rings. The molecule has 1 aliphatic carbocycles. The molecule has 3 rings (SSSR count). The van der Waals surface area contributed by atoms with Gasteiger partial charge in [0.05, 0.1) is 0 Å². The number of nitrogens with one attached hydrogen (secondary N) is 1. The molecule has 0 aliphatic heterocycles. The van der Waals surface area contributed by atoms with Crippen LogP contribution in [0.1, 0.15) is 39.5 Å². The first-order valence-corrected chi connectivity index (χ1v) is 8.08. The van der Waals surface area contributed by atoms with Gasteiger partial charge in [-0.15, -0.1) is 0 Å². The van der Waals surface area contributed by atoms with Crippen molar-refractivity contribution in [2.45, 2.75) is 51.2 Å². The van der Waals surface area contributed by atoms with Crippen LogP contribution in [-0.4, -0.2) is 18.2 Å². The predicted octanol–water partition coefficient (Wildman–Crippen LogP) is 4.53. The van der Waals surface area contributed by atoms with Gasteiger partial charge in [0.25, 0.3) is 0 Å². The fraction of sp³-hybridized carbons (Fsp3) is 0.474. The molecule has 0 radical (unpaired) electrons. The van der Waals surface area contributed by atoms with E-state index < -0.39 is 0 Å². The molecule has 0 spiro atoms. The van der Waals surface area contributed by atoms with Crippen molar-refractivity contribution in [3.05, 3.63) is 42.5 Å². The highest BCUT2D eigenvalue weighted by Gasteiger charge is 2.38. The summed E-state index contributed by atoms with van der Waals surface area (Å²) in [6.45, 7) is 5.42. The lowest BCUT2D eigenvalue weighted by Gasteiger charge is -2.42. The normalized spacial score (nSPS) is 16.9. The van der Waals surface area contributed by atoms with Gasteiger partial charge in [-0.3, -0.25) is 0 Å². The topological polar surface area (TPSA) is 21.3 Å². The fourth-order valence-electron chi connectivity index (χ4n) is 3.04. The summed E-state index contributed by atoms with van der Waals surface area (Å²) in [5, 5.41) is 6.03. The lowest BCUT2D eigenvalue weighted by atomic mass is 9.77. The number of benzene rings is 2. The first-order valence-electron chi connectivity index (χ1n) is 8.08. The molecule has 0 amide bonds. The Kier molecular flexibility index (Phi) is 4.16. The third-order valence-electron chi connectivity index (χ3n) is 4.45. The van der Waals surface area contributed by atoms with E-state index in [1.165, 1.54) is 30.0 Å². The Balaban J connectivity index is 1.70. The van der Waals surface area contributed by atoms with Crippen LogP contribution < -0.4 is 10.1 Å². The van der Waals surface area contributed by atoms with Gasteiger partial charge in [0, 0.05) is 6.04 Å². The van der Waals surface area contributed by atoms with Crippen molar-refractivity contribution >= 4 is 10.8 Å². The van der Waals surface area contributed by atoms with Gasteiger partial charge in [0.2, 0.25) is 0 Å². The van der Waals surface area contributed by atoms with Gasteiger partial charge < -0.3 is 10.1 Å². The molecule has 0 atom stereocenters. The van der Waals surface area contributed by atoms with E-state index in [2.05, 4.69) is 61.6 Å². The van der Waals surface area contributed by atoms with E-state index in [1.807, 2.05) is 0 Å². The summed E-state index contributed by atoms with van der Waals surface area (Å²) in [7, 11) is 0. The molecule has 1 aliphatic rings. The summed E-state index contributed by atoms with van der Waals surface area (Å²) in [5.74, 6) is 1.01. The second-order valence-electron chi connectivity index (χ2n) is 6.51. The van der Waals surface area contributed by atoms with E-state index in [4.69, 9.17) is 4.74 Å². The molecule has 0 saturated heterocycles. The van der Waals surface area contributed by atoms with E-state index in [1.54, 1.807) is 0 Å². The fourth-order valence-corrected chi connectivity index (χ4v) is 3.04. The van der Waals surface area contributed by atoms with Crippen LogP contribution in [0.4, 0.5) is 0 Å². The summed E-state index contributed by atoms with van der Waals surface area (Å²) in [6.07, 6.45) is 4.74. The molecule has 0 heterocycles. The third kappa shape index (κ3) is 3.38. The monoisotopic (exact) mass is 283 g/mol. The number of hydrogen-bond acceptors (Lipinski definition) is 2. The van der Waals surface area contributed by atoms with Gasteiger partial charge in [0.15, 0.2) is 0 Å². The Hall–Kier alpha value is -1.54. The van der Waals surface area contributed by atoms with Crippen molar-refractivity contribution in [1.82, 2.24) is 5.32 Å². The van der Waals surface area contributed by atoms with Crippen LogP contribution in [0.25, 0.3) is 10.8 Å². The minimum absolute atomic E-state index is 0.0599. The number of rotatable bonds is 6. The Bertz CT molecular complexity index is 601. The zero-order chi connectivity index (χ0) is 14.7. The smallest absolute Gasteiger partial charge is 0.120 e. The van der Waals surface area contributed by atoms with Crippen molar-refractivity contribution in [2.75, 3.05) is 6.54 Å². The third-order valence-corrected chi connectivity index (χ3v) is 4.45. The molecule has 0 aromatic heterocycles. The van der Waals surface area contributed by atoms with Gasteiger partial charge in [-0.25, -0.2) is 0 Å². The lowest BCUT2D eigenvalue weighted by Crippen LogP contribution is -2.45. The van der Waals surface area contributed by atoms with Crippen molar-refractivity contribution in [1.29, 1.82) is 0 Å². The van der Waals surface area contributed by atoms with E-state index in [9.17, 15) is 0 Å². The minimum atomic E-state index is 0.0599. The maximum atomic E-state index is 6.39. The Morgan fingerprint density at radius 3 is 2.52 bits per heavy atom. The average molecular weight is 283 g/mol. The zero-order valence-corrected chi connectivity index (χ0v) is 13.1. The highest BCUT2D eigenvalue weighted by Crippen LogP contribution is 2.39. The summed E-state index contributed by atoms with van der Waals surface area (Å²) < 4.78 is 6.39. The molecule has 2 aromatic carbocycles. The zero-order valence-electron chi connectivity index (χ0n) is 13.1. The van der Waals surface area contributed by atoms with E-state index in [0.29, 0.717) is 6.04 Å². The maximum absolute atomic E-state index is 6.39. The number of ether oxygens (including phenoxy) is 1. The van der Waals surface area contributed by atoms with Crippen LogP contribution in [0.5, 0.6) is 5.75 Å². The standard InChI is InChI=1S/C19H25NO/c1-15(2)20-13-12-19(10-5-11-19)21-18-9-8-16-6-3-4-7-17(16)14-18/h3-4,6-9,14-15,20H,5,10-13H2,1-2H3. The van der Waals surface area contributed by atoms with Gasteiger partial charge in [0.1, 0.15) is 11.4 Å². The molecular formula is C19H25NO. The summed E-state index contributed by atoms with van der Waals surface area (Å²) in [4.78, 5) is 0. The molecule has 2 heteroatoms. The highest BCUT2D eigenvalue weighted by molar-refractivity contribution is 5.83. The van der Waals surface area contributed by atoms with Crippen molar-refractivity contribution in [3.8, 4) is 5.75 Å². The molecule has 112 valence electrons. The SMILES string of the molecule is CC(C)NCCC1(Oc2ccc3ccccc3c2)CCC1. The van der Waals surface area contributed by atoms with Gasteiger partial charge in [-0.2, -0.15) is 0 Å². The first-order chi connectivity index (χ1) is 10.2. The average Bonchev–Trinajstić information content (AvgIpc) is 2.44. The lowest BCUT2D eigenvalue weighted by molar-refractivity contribution is -0.0144. The Morgan fingerprint density at radius 2 is 1.86 bits per heavy atom. The van der Waals surface area contributed by atoms with Crippen LogP contribution in [0.15, 0.2) is 42.5 Å². The first kappa shape index (κ1) is 14.4. The van der Waals surface area contributed by atoms with Crippen molar-refractivity contribution in [2.24, 2.45) is 0 Å². The van der Waals surface area contributed by atoms with E-state index >= 15 is 0 Å². The predicted molar refractivity (Wildman–Crippen MR) is 88.9 cm³/mol. The van der Waals surface area contributed by atoms with Crippen LogP contribution in [0.3, 0.4) is 0 Å². The van der Waals surface area contributed by atoms with Gasteiger partial charge in [-0.1, -0.05) is 44.2 Å². The van der Waals surface area contributed by atoms with Crippen LogP contribution in [0, 0.1) is 0 Å². The molecule has 2 nitrogen and oxygen atoms in total. The van der Waals surface area contributed by atoms with E-state index in [-0.39, 0.29) is 5.60 Å². The summed E-state index contributed by atoms with van der Waals surface area (Å²) >= 11 is 0. The molecule has 0 unspecified atom stereocenters. The largest absolute Gasteiger partial charge is 0.487 e. The molecule has 0 bridgehead atoms. The Morgan fingerprint density at radius 1 is 1.10 bits per heavy atom. The Labute approximate surface area is 127 Å². The van der Waals surface area contributed by atoms with Crippen molar-refractivity contribution < 1.29 is 4.74 Å². The molecule has 1 saturated carbocycles. The molecular weight excluding hydrogens is 258 g/mol. The quantitative estimate of drug-likeness (QED) is 0.841. The maximum Gasteiger partial charge on any atom is 0.120 e. The number of hydrogen-bond donors (Lipinski definition) is 1. The molecule has 2 aromatic rings. The molecule has 21 heavy (non-hydrogen) atoms.